The van der Waals surface area contributed by atoms with Crippen LogP contribution in [0.3, 0.4) is 0 Å². The molecule has 0 unspecified atom stereocenters. The van der Waals surface area contributed by atoms with Gasteiger partial charge in [-0.05, 0) is 57.3 Å². The highest BCUT2D eigenvalue weighted by atomic mass is 16.5. The largest absolute Gasteiger partial charge is 0.507 e. The molecule has 30 heavy (non-hydrogen) atoms. The maximum absolute atomic E-state index is 13.0. The fraction of sp³-hybridized carbons (Fsp3) is 0.333. The first-order valence-electron chi connectivity index (χ1n) is 9.89. The van der Waals surface area contributed by atoms with Gasteiger partial charge in [-0.1, -0.05) is 29.8 Å². The Labute approximate surface area is 177 Å². The van der Waals surface area contributed by atoms with E-state index in [1.807, 2.05) is 57.1 Å². The molecule has 1 fully saturated rings. The number of methoxy groups -OCH3 is 1. The molecule has 2 aromatic carbocycles. The lowest BCUT2D eigenvalue weighted by atomic mass is 9.93. The first-order valence-corrected chi connectivity index (χ1v) is 9.89. The summed E-state index contributed by atoms with van der Waals surface area (Å²) in [6.45, 7) is 4.81. The van der Waals surface area contributed by atoms with E-state index in [9.17, 15) is 14.7 Å². The number of aryl methyl sites for hydroxylation is 2. The number of ketones is 1. The Hall–Kier alpha value is -3.12. The van der Waals surface area contributed by atoms with Gasteiger partial charge in [0.1, 0.15) is 11.5 Å². The fourth-order valence-electron chi connectivity index (χ4n) is 3.69. The van der Waals surface area contributed by atoms with Crippen LogP contribution in [0.15, 0.2) is 48.0 Å². The zero-order valence-electron chi connectivity index (χ0n) is 18.1. The van der Waals surface area contributed by atoms with Gasteiger partial charge in [0.15, 0.2) is 0 Å². The van der Waals surface area contributed by atoms with Crippen molar-refractivity contribution in [1.82, 2.24) is 9.80 Å². The number of Topliss-reactive ketones (excluding diaryl/α,β-unsaturated/α-hetero) is 1. The number of aliphatic hydroxyl groups is 1. The molecule has 6 nitrogen and oxygen atoms in total. The number of benzene rings is 2. The molecule has 3 rings (SSSR count). The first kappa shape index (κ1) is 21.6. The molecule has 1 heterocycles. The van der Waals surface area contributed by atoms with E-state index in [2.05, 4.69) is 0 Å². The minimum absolute atomic E-state index is 0.121. The standard InChI is InChI=1S/C24H28N2O4/c1-15-6-8-17(9-7-15)21-20(23(28)24(29)26(21)13-12-25(3)4)22(27)19-11-10-18(30-5)14-16(19)2/h6-11,14,21,27H,12-13H2,1-5H3/t21-/m1/s1. The van der Waals surface area contributed by atoms with Crippen molar-refractivity contribution in [1.29, 1.82) is 0 Å². The van der Waals surface area contributed by atoms with Crippen LogP contribution in [0.25, 0.3) is 5.76 Å². The summed E-state index contributed by atoms with van der Waals surface area (Å²) in [5.74, 6) is -0.751. The van der Waals surface area contributed by atoms with Crippen LogP contribution in [0, 0.1) is 13.8 Å². The fourth-order valence-corrected chi connectivity index (χ4v) is 3.69. The SMILES string of the molecule is COc1ccc(C(O)=C2C(=O)C(=O)N(CCN(C)C)[C@@H]2c2ccc(C)cc2)c(C)c1. The molecule has 1 amide bonds. The lowest BCUT2D eigenvalue weighted by Crippen LogP contribution is -2.35. The second kappa shape index (κ2) is 8.71. The van der Waals surface area contributed by atoms with Gasteiger partial charge in [0.25, 0.3) is 11.7 Å². The lowest BCUT2D eigenvalue weighted by Gasteiger charge is -2.26. The molecule has 1 aliphatic rings. The van der Waals surface area contributed by atoms with Gasteiger partial charge >= 0.3 is 0 Å². The topological polar surface area (TPSA) is 70.1 Å². The smallest absolute Gasteiger partial charge is 0.295 e. The monoisotopic (exact) mass is 408 g/mol. The maximum atomic E-state index is 13.0. The number of hydrogen-bond donors (Lipinski definition) is 1. The lowest BCUT2D eigenvalue weighted by molar-refractivity contribution is -0.140. The molecule has 0 spiro atoms. The number of hydrogen-bond acceptors (Lipinski definition) is 5. The number of carbonyl (C=O) groups is 2. The van der Waals surface area contributed by atoms with Gasteiger partial charge in [-0.3, -0.25) is 9.59 Å². The molecule has 1 saturated heterocycles. The van der Waals surface area contributed by atoms with Gasteiger partial charge in [0, 0.05) is 18.7 Å². The summed E-state index contributed by atoms with van der Waals surface area (Å²) in [5, 5.41) is 11.2. The highest BCUT2D eigenvalue weighted by Gasteiger charge is 2.45. The second-order valence-electron chi connectivity index (χ2n) is 7.89. The number of likely N-dealkylation sites (N-methyl/N-ethyl adjacent to an activating group) is 1. The normalized spacial score (nSPS) is 18.3. The summed E-state index contributed by atoms with van der Waals surface area (Å²) in [6, 6.07) is 12.3. The Balaban J connectivity index is 2.16. The van der Waals surface area contributed by atoms with E-state index < -0.39 is 17.7 Å². The van der Waals surface area contributed by atoms with Crippen LogP contribution in [0.5, 0.6) is 5.75 Å². The number of carbonyl (C=O) groups excluding carboxylic acids is 2. The minimum Gasteiger partial charge on any atom is -0.507 e. The Kier molecular flexibility index (Phi) is 6.27. The molecule has 158 valence electrons. The molecule has 0 saturated carbocycles. The Morgan fingerprint density at radius 3 is 2.33 bits per heavy atom. The van der Waals surface area contributed by atoms with E-state index in [-0.39, 0.29) is 11.3 Å². The van der Waals surface area contributed by atoms with Gasteiger partial charge in [-0.15, -0.1) is 0 Å². The molecule has 0 aliphatic carbocycles. The van der Waals surface area contributed by atoms with E-state index in [4.69, 9.17) is 4.74 Å². The van der Waals surface area contributed by atoms with Crippen LogP contribution in [-0.2, 0) is 9.59 Å². The maximum Gasteiger partial charge on any atom is 0.295 e. The number of likely N-dealkylation sites (tertiary alicyclic amines) is 1. The van der Waals surface area contributed by atoms with Crippen LogP contribution in [-0.4, -0.2) is 60.9 Å². The van der Waals surface area contributed by atoms with Crippen LogP contribution in [0.2, 0.25) is 0 Å². The van der Waals surface area contributed by atoms with Crippen molar-refractivity contribution in [2.75, 3.05) is 34.3 Å². The summed E-state index contributed by atoms with van der Waals surface area (Å²) in [4.78, 5) is 29.4. The summed E-state index contributed by atoms with van der Waals surface area (Å²) in [6.07, 6.45) is 0. The number of ether oxygens (including phenoxy) is 1. The Morgan fingerprint density at radius 2 is 1.77 bits per heavy atom. The third-order valence-electron chi connectivity index (χ3n) is 5.41. The first-order chi connectivity index (χ1) is 14.2. The Bertz CT molecular complexity index is 993. The molecule has 0 bridgehead atoms. The summed E-state index contributed by atoms with van der Waals surface area (Å²) < 4.78 is 5.23. The van der Waals surface area contributed by atoms with Gasteiger partial charge in [0.2, 0.25) is 0 Å². The third kappa shape index (κ3) is 4.09. The predicted octanol–water partition coefficient (Wildman–Crippen LogP) is 3.30. The molecular formula is C24H28N2O4. The number of rotatable bonds is 6. The number of aliphatic hydroxyl groups excluding tert-OH is 1. The van der Waals surface area contributed by atoms with Crippen molar-refractivity contribution in [3.8, 4) is 5.75 Å². The molecule has 1 N–H and O–H groups in total. The van der Waals surface area contributed by atoms with Gasteiger partial charge in [-0.25, -0.2) is 0 Å². The molecular weight excluding hydrogens is 380 g/mol. The molecule has 2 aromatic rings. The Morgan fingerprint density at radius 1 is 1.10 bits per heavy atom. The molecule has 0 radical (unpaired) electrons. The molecule has 0 aromatic heterocycles. The average molecular weight is 408 g/mol. The predicted molar refractivity (Wildman–Crippen MR) is 116 cm³/mol. The van der Waals surface area contributed by atoms with Gasteiger partial charge in [0.05, 0.1) is 18.7 Å². The minimum atomic E-state index is -0.660. The van der Waals surface area contributed by atoms with E-state index in [0.717, 1.165) is 16.7 Å². The highest BCUT2D eigenvalue weighted by Crippen LogP contribution is 2.40. The summed E-state index contributed by atoms with van der Waals surface area (Å²) in [5.41, 5.74) is 3.27. The van der Waals surface area contributed by atoms with Crippen molar-refractivity contribution in [2.24, 2.45) is 0 Å². The molecule has 1 aliphatic heterocycles. The zero-order chi connectivity index (χ0) is 22.0. The van der Waals surface area contributed by atoms with Crippen LogP contribution in [0.1, 0.15) is 28.3 Å². The summed E-state index contributed by atoms with van der Waals surface area (Å²) in [7, 11) is 5.40. The van der Waals surface area contributed by atoms with Gasteiger partial charge < -0.3 is 19.6 Å². The van der Waals surface area contributed by atoms with E-state index >= 15 is 0 Å². The number of nitrogens with zero attached hydrogens (tertiary/aromatic N) is 2. The van der Waals surface area contributed by atoms with Crippen molar-refractivity contribution in [3.05, 3.63) is 70.3 Å². The van der Waals surface area contributed by atoms with Crippen LogP contribution in [0.4, 0.5) is 0 Å². The van der Waals surface area contributed by atoms with E-state index in [1.165, 1.54) is 0 Å². The molecule has 6 heteroatoms. The van der Waals surface area contributed by atoms with Crippen molar-refractivity contribution < 1.29 is 19.4 Å². The van der Waals surface area contributed by atoms with E-state index in [0.29, 0.717) is 24.4 Å². The quantitative estimate of drug-likeness (QED) is 0.451. The number of amides is 1. The molecule has 1 atom stereocenters. The zero-order valence-corrected chi connectivity index (χ0v) is 18.1. The summed E-state index contributed by atoms with van der Waals surface area (Å²) >= 11 is 0. The van der Waals surface area contributed by atoms with E-state index in [1.54, 1.807) is 30.2 Å². The third-order valence-corrected chi connectivity index (χ3v) is 5.41. The second-order valence-corrected chi connectivity index (χ2v) is 7.89. The van der Waals surface area contributed by atoms with Crippen molar-refractivity contribution in [2.45, 2.75) is 19.9 Å². The van der Waals surface area contributed by atoms with Gasteiger partial charge in [-0.2, -0.15) is 0 Å². The van der Waals surface area contributed by atoms with Crippen molar-refractivity contribution in [3.63, 3.8) is 0 Å². The van der Waals surface area contributed by atoms with Crippen LogP contribution >= 0.6 is 0 Å². The van der Waals surface area contributed by atoms with Crippen LogP contribution < -0.4 is 4.74 Å². The van der Waals surface area contributed by atoms with Crippen molar-refractivity contribution >= 4 is 17.4 Å². The highest BCUT2D eigenvalue weighted by molar-refractivity contribution is 6.46. The average Bonchev–Trinajstić information content (AvgIpc) is 2.96.